The smallest absolute Gasteiger partial charge is 0.149 e. The summed E-state index contributed by atoms with van der Waals surface area (Å²) in [6.07, 6.45) is 1.48. The second-order valence-electron chi connectivity index (χ2n) is 6.74. The van der Waals surface area contributed by atoms with E-state index in [4.69, 9.17) is 5.73 Å². The van der Waals surface area contributed by atoms with Crippen molar-refractivity contribution in [3.05, 3.63) is 29.3 Å². The molecule has 20 heavy (non-hydrogen) atoms. The van der Waals surface area contributed by atoms with Crippen LogP contribution in [0.3, 0.4) is 0 Å². The number of rotatable bonds is 3. The van der Waals surface area contributed by atoms with E-state index in [-0.39, 0.29) is 11.1 Å². The van der Waals surface area contributed by atoms with E-state index >= 15 is 0 Å². The minimum atomic E-state index is -0.469. The fraction of sp³-hybridized carbons (Fsp3) is 0.625. The van der Waals surface area contributed by atoms with Gasteiger partial charge in [-0.15, -0.1) is 0 Å². The highest BCUT2D eigenvalue weighted by Gasteiger charge is 2.33. The Morgan fingerprint density at radius 2 is 1.85 bits per heavy atom. The van der Waals surface area contributed by atoms with E-state index in [0.717, 1.165) is 6.42 Å². The summed E-state index contributed by atoms with van der Waals surface area (Å²) < 4.78 is 28.4. The second-order valence-corrected chi connectivity index (χ2v) is 6.74. The van der Waals surface area contributed by atoms with Crippen molar-refractivity contribution in [3.8, 4) is 0 Å². The average molecular weight is 282 g/mol. The van der Waals surface area contributed by atoms with Gasteiger partial charge in [-0.2, -0.15) is 0 Å². The van der Waals surface area contributed by atoms with Crippen LogP contribution in [-0.4, -0.2) is 19.6 Å². The molecule has 0 radical (unpaired) electrons. The van der Waals surface area contributed by atoms with Gasteiger partial charge < -0.3 is 10.6 Å². The first-order valence-electron chi connectivity index (χ1n) is 7.26. The Bertz CT molecular complexity index is 457. The van der Waals surface area contributed by atoms with Gasteiger partial charge in [0, 0.05) is 13.1 Å². The topological polar surface area (TPSA) is 29.3 Å². The monoisotopic (exact) mass is 282 g/mol. The van der Waals surface area contributed by atoms with Crippen LogP contribution in [0.25, 0.3) is 0 Å². The summed E-state index contributed by atoms with van der Waals surface area (Å²) in [5, 5.41) is 0. The molecule has 1 fully saturated rings. The molecule has 2 nitrogen and oxygen atoms in total. The van der Waals surface area contributed by atoms with Gasteiger partial charge >= 0.3 is 0 Å². The zero-order chi connectivity index (χ0) is 14.9. The molecule has 1 unspecified atom stereocenters. The van der Waals surface area contributed by atoms with Gasteiger partial charge in [0.2, 0.25) is 0 Å². The third-order valence-corrected chi connectivity index (χ3v) is 4.24. The molecule has 0 amide bonds. The van der Waals surface area contributed by atoms with Gasteiger partial charge in [-0.1, -0.05) is 20.8 Å². The second kappa shape index (κ2) is 5.68. The summed E-state index contributed by atoms with van der Waals surface area (Å²) in [7, 11) is 0. The Morgan fingerprint density at radius 3 is 2.30 bits per heavy atom. The molecule has 4 heteroatoms. The van der Waals surface area contributed by atoms with E-state index in [1.54, 1.807) is 0 Å². The molecule has 1 aliphatic rings. The van der Waals surface area contributed by atoms with E-state index in [0.29, 0.717) is 37.5 Å². The van der Waals surface area contributed by atoms with Crippen molar-refractivity contribution in [2.75, 3.05) is 24.5 Å². The average Bonchev–Trinajstić information content (AvgIpc) is 2.77. The predicted molar refractivity (Wildman–Crippen MR) is 78.9 cm³/mol. The van der Waals surface area contributed by atoms with Gasteiger partial charge in [0.25, 0.3) is 0 Å². The van der Waals surface area contributed by atoms with Gasteiger partial charge in [-0.05, 0) is 48.4 Å². The van der Waals surface area contributed by atoms with Gasteiger partial charge in [-0.3, -0.25) is 0 Å². The van der Waals surface area contributed by atoms with E-state index in [1.807, 2.05) is 4.90 Å². The maximum absolute atomic E-state index is 14.2. The molecule has 1 heterocycles. The summed E-state index contributed by atoms with van der Waals surface area (Å²) >= 11 is 0. The standard InChI is InChI=1S/C16H24F2N2/c1-16(2,3)12-5-7-20(10-12)15-13(17)8-11(4-6-19)9-14(15)18/h8-9,12H,4-7,10,19H2,1-3H3. The van der Waals surface area contributed by atoms with Gasteiger partial charge in [0.05, 0.1) is 0 Å². The number of nitrogens with two attached hydrogens (primary N) is 1. The number of hydrogen-bond acceptors (Lipinski definition) is 2. The Kier molecular flexibility index (Phi) is 4.33. The molecule has 1 aromatic rings. The fourth-order valence-corrected chi connectivity index (χ4v) is 2.90. The molecular weight excluding hydrogens is 258 g/mol. The zero-order valence-electron chi connectivity index (χ0n) is 12.5. The van der Waals surface area contributed by atoms with Crippen LogP contribution in [0.15, 0.2) is 12.1 Å². The Morgan fingerprint density at radius 1 is 1.25 bits per heavy atom. The van der Waals surface area contributed by atoms with Crippen LogP contribution in [0, 0.1) is 23.0 Å². The minimum Gasteiger partial charge on any atom is -0.366 e. The minimum absolute atomic E-state index is 0.123. The molecule has 1 aliphatic heterocycles. The van der Waals surface area contributed by atoms with Gasteiger partial charge in [0.1, 0.15) is 17.3 Å². The summed E-state index contributed by atoms with van der Waals surface area (Å²) in [6, 6.07) is 2.82. The quantitative estimate of drug-likeness (QED) is 0.921. The lowest BCUT2D eigenvalue weighted by molar-refractivity contribution is 0.263. The highest BCUT2D eigenvalue weighted by atomic mass is 19.1. The van der Waals surface area contributed by atoms with E-state index < -0.39 is 11.6 Å². The SMILES string of the molecule is CC(C)(C)C1CCN(c2c(F)cc(CCN)cc2F)C1. The number of anilines is 1. The van der Waals surface area contributed by atoms with Gasteiger partial charge in [0.15, 0.2) is 0 Å². The predicted octanol–water partition coefficient (Wildman–Crippen LogP) is 3.34. The van der Waals surface area contributed by atoms with E-state index in [2.05, 4.69) is 20.8 Å². The van der Waals surface area contributed by atoms with Crippen molar-refractivity contribution in [3.63, 3.8) is 0 Å². The van der Waals surface area contributed by atoms with Crippen molar-refractivity contribution in [1.82, 2.24) is 0 Å². The van der Waals surface area contributed by atoms with Crippen LogP contribution >= 0.6 is 0 Å². The lowest BCUT2D eigenvalue weighted by Gasteiger charge is -2.27. The highest BCUT2D eigenvalue weighted by Crippen LogP contribution is 2.37. The van der Waals surface area contributed by atoms with Crippen molar-refractivity contribution >= 4 is 5.69 Å². The van der Waals surface area contributed by atoms with Crippen LogP contribution in [0.4, 0.5) is 14.5 Å². The molecule has 112 valence electrons. The normalized spacial score (nSPS) is 19.7. The van der Waals surface area contributed by atoms with E-state index in [1.165, 1.54) is 12.1 Å². The molecule has 0 saturated carbocycles. The molecule has 2 rings (SSSR count). The Hall–Kier alpha value is -1.16. The van der Waals surface area contributed by atoms with Gasteiger partial charge in [-0.25, -0.2) is 8.78 Å². The number of nitrogens with zero attached hydrogens (tertiary/aromatic N) is 1. The Labute approximate surface area is 120 Å². The van der Waals surface area contributed by atoms with Crippen LogP contribution in [0.1, 0.15) is 32.8 Å². The molecule has 0 aliphatic carbocycles. The summed E-state index contributed by atoms with van der Waals surface area (Å²) in [5.74, 6) is -0.476. The molecule has 0 bridgehead atoms. The van der Waals surface area contributed by atoms with Crippen molar-refractivity contribution in [2.45, 2.75) is 33.6 Å². The lowest BCUT2D eigenvalue weighted by Crippen LogP contribution is -2.27. The molecule has 0 spiro atoms. The molecule has 1 saturated heterocycles. The zero-order valence-corrected chi connectivity index (χ0v) is 12.5. The van der Waals surface area contributed by atoms with Crippen LogP contribution in [-0.2, 0) is 6.42 Å². The van der Waals surface area contributed by atoms with Crippen molar-refractivity contribution < 1.29 is 8.78 Å². The van der Waals surface area contributed by atoms with Crippen LogP contribution < -0.4 is 10.6 Å². The first-order valence-corrected chi connectivity index (χ1v) is 7.26. The number of halogens is 2. The molecule has 0 aromatic heterocycles. The summed E-state index contributed by atoms with van der Waals surface area (Å²) in [6.45, 7) is 8.36. The third-order valence-electron chi connectivity index (χ3n) is 4.24. The van der Waals surface area contributed by atoms with Crippen molar-refractivity contribution in [1.29, 1.82) is 0 Å². The lowest BCUT2D eigenvalue weighted by atomic mass is 9.80. The maximum Gasteiger partial charge on any atom is 0.149 e. The third kappa shape index (κ3) is 3.11. The van der Waals surface area contributed by atoms with Crippen LogP contribution in [0.5, 0.6) is 0 Å². The number of hydrogen-bond donors (Lipinski definition) is 1. The number of benzene rings is 1. The first kappa shape index (κ1) is 15.2. The van der Waals surface area contributed by atoms with Crippen molar-refractivity contribution in [2.24, 2.45) is 17.1 Å². The molecule has 1 atom stereocenters. The molecule has 1 aromatic carbocycles. The maximum atomic E-state index is 14.2. The first-order chi connectivity index (χ1) is 9.32. The molecule has 2 N–H and O–H groups in total. The Balaban J connectivity index is 2.22. The van der Waals surface area contributed by atoms with Crippen LogP contribution in [0.2, 0.25) is 0 Å². The largest absolute Gasteiger partial charge is 0.366 e. The molecular formula is C16H24F2N2. The summed E-state index contributed by atoms with van der Waals surface area (Å²) in [5.41, 5.74) is 6.35. The summed E-state index contributed by atoms with van der Waals surface area (Å²) in [4.78, 5) is 1.84. The fourth-order valence-electron chi connectivity index (χ4n) is 2.90. The highest BCUT2D eigenvalue weighted by molar-refractivity contribution is 5.51. The van der Waals surface area contributed by atoms with E-state index in [9.17, 15) is 8.78 Å².